The van der Waals surface area contributed by atoms with Crippen molar-refractivity contribution in [3.05, 3.63) is 76.3 Å². The molecule has 1 N–H and O–H groups in total. The molecule has 0 unspecified atom stereocenters. The van der Waals surface area contributed by atoms with E-state index in [0.717, 1.165) is 11.3 Å². The summed E-state index contributed by atoms with van der Waals surface area (Å²) >= 11 is 12.1. The Morgan fingerprint density at radius 3 is 2.50 bits per heavy atom. The SMILES string of the molecule is C/C(=N\Nc1cccc(Cl)c1Cl)c1ccc2ccccc2c1. The molecule has 0 fully saturated rings. The van der Waals surface area contributed by atoms with Crippen LogP contribution in [0.15, 0.2) is 65.8 Å². The quantitative estimate of drug-likeness (QED) is 0.464. The lowest BCUT2D eigenvalue weighted by molar-refractivity contribution is 1.32. The summed E-state index contributed by atoms with van der Waals surface area (Å²) in [5.74, 6) is 0. The predicted octanol–water partition coefficient (Wildman–Crippen LogP) is 5.98. The van der Waals surface area contributed by atoms with Gasteiger partial charge in [-0.15, -0.1) is 0 Å². The number of nitrogens with one attached hydrogen (secondary N) is 1. The second kappa shape index (κ2) is 6.39. The minimum Gasteiger partial charge on any atom is -0.277 e. The van der Waals surface area contributed by atoms with E-state index < -0.39 is 0 Å². The molecule has 4 heteroatoms. The Labute approximate surface area is 139 Å². The highest BCUT2D eigenvalue weighted by Crippen LogP contribution is 2.29. The van der Waals surface area contributed by atoms with Crippen LogP contribution in [0.25, 0.3) is 10.8 Å². The second-order valence-electron chi connectivity index (χ2n) is 4.97. The van der Waals surface area contributed by atoms with Gasteiger partial charge in [0.2, 0.25) is 0 Å². The van der Waals surface area contributed by atoms with Gasteiger partial charge in [-0.1, -0.05) is 65.7 Å². The summed E-state index contributed by atoms with van der Waals surface area (Å²) in [6.45, 7) is 1.95. The molecule has 0 heterocycles. The van der Waals surface area contributed by atoms with Crippen LogP contribution in [0.4, 0.5) is 5.69 Å². The predicted molar refractivity (Wildman–Crippen MR) is 96.2 cm³/mol. The van der Waals surface area contributed by atoms with Crippen molar-refractivity contribution in [2.45, 2.75) is 6.92 Å². The Kier molecular flexibility index (Phi) is 4.32. The maximum atomic E-state index is 6.14. The number of nitrogens with zero attached hydrogens (tertiary/aromatic N) is 1. The van der Waals surface area contributed by atoms with Crippen molar-refractivity contribution in [2.24, 2.45) is 5.10 Å². The molecule has 0 spiro atoms. The van der Waals surface area contributed by atoms with Gasteiger partial charge in [-0.05, 0) is 41.5 Å². The summed E-state index contributed by atoms with van der Waals surface area (Å²) in [7, 11) is 0. The Hall–Kier alpha value is -2.03. The maximum absolute atomic E-state index is 6.14. The van der Waals surface area contributed by atoms with Crippen molar-refractivity contribution < 1.29 is 0 Å². The van der Waals surface area contributed by atoms with Crippen molar-refractivity contribution in [3.63, 3.8) is 0 Å². The van der Waals surface area contributed by atoms with E-state index in [1.165, 1.54) is 10.8 Å². The Morgan fingerprint density at radius 2 is 1.68 bits per heavy atom. The Bertz CT molecular complexity index is 857. The number of benzene rings is 3. The number of hydrogen-bond acceptors (Lipinski definition) is 2. The lowest BCUT2D eigenvalue weighted by atomic mass is 10.0. The molecule has 22 heavy (non-hydrogen) atoms. The highest BCUT2D eigenvalue weighted by Gasteiger charge is 2.04. The Morgan fingerprint density at radius 1 is 0.909 bits per heavy atom. The number of fused-ring (bicyclic) bond motifs is 1. The summed E-state index contributed by atoms with van der Waals surface area (Å²) in [5, 5.41) is 7.78. The molecule has 0 amide bonds. The topological polar surface area (TPSA) is 24.4 Å². The lowest BCUT2D eigenvalue weighted by Crippen LogP contribution is -2.00. The van der Waals surface area contributed by atoms with Gasteiger partial charge in [-0.2, -0.15) is 5.10 Å². The molecule has 0 aliphatic rings. The average molecular weight is 329 g/mol. The zero-order valence-electron chi connectivity index (χ0n) is 12.0. The molecule has 0 aliphatic heterocycles. The minimum absolute atomic E-state index is 0.472. The van der Waals surface area contributed by atoms with Gasteiger partial charge in [0.05, 0.1) is 21.4 Å². The molecule has 0 aromatic heterocycles. The summed E-state index contributed by atoms with van der Waals surface area (Å²) < 4.78 is 0. The molecule has 110 valence electrons. The first-order chi connectivity index (χ1) is 10.6. The van der Waals surface area contributed by atoms with Gasteiger partial charge >= 0.3 is 0 Å². The molecule has 3 aromatic carbocycles. The van der Waals surface area contributed by atoms with Gasteiger partial charge in [0, 0.05) is 0 Å². The third-order valence-electron chi connectivity index (χ3n) is 3.46. The first kappa shape index (κ1) is 14.9. The molecule has 0 atom stereocenters. The van der Waals surface area contributed by atoms with E-state index in [9.17, 15) is 0 Å². The standard InChI is InChI=1S/C18H14Cl2N2/c1-12(21-22-17-8-4-7-16(19)18(17)20)14-10-9-13-5-2-3-6-15(13)11-14/h2-11,22H,1H3/b21-12+. The van der Waals surface area contributed by atoms with Crippen LogP contribution in [-0.2, 0) is 0 Å². The van der Waals surface area contributed by atoms with E-state index in [2.05, 4.69) is 40.9 Å². The minimum atomic E-state index is 0.472. The first-order valence-corrected chi connectivity index (χ1v) is 7.64. The first-order valence-electron chi connectivity index (χ1n) is 6.88. The van der Waals surface area contributed by atoms with Gasteiger partial charge in [0.15, 0.2) is 0 Å². The largest absolute Gasteiger partial charge is 0.277 e. The summed E-state index contributed by atoms with van der Waals surface area (Å²) in [6, 6.07) is 19.9. The van der Waals surface area contributed by atoms with Crippen molar-refractivity contribution in [1.29, 1.82) is 0 Å². The van der Waals surface area contributed by atoms with Crippen molar-refractivity contribution in [2.75, 3.05) is 5.43 Å². The fourth-order valence-electron chi connectivity index (χ4n) is 2.21. The summed E-state index contributed by atoms with van der Waals surface area (Å²) in [6.07, 6.45) is 0. The fourth-order valence-corrected chi connectivity index (χ4v) is 2.56. The van der Waals surface area contributed by atoms with Gasteiger partial charge in [0.25, 0.3) is 0 Å². The van der Waals surface area contributed by atoms with Crippen LogP contribution in [0.2, 0.25) is 10.0 Å². The third-order valence-corrected chi connectivity index (χ3v) is 4.28. The number of hydrogen-bond donors (Lipinski definition) is 1. The number of anilines is 1. The maximum Gasteiger partial charge on any atom is 0.0842 e. The van der Waals surface area contributed by atoms with Crippen molar-refractivity contribution in [1.82, 2.24) is 0 Å². The summed E-state index contributed by atoms with van der Waals surface area (Å²) in [4.78, 5) is 0. The van der Waals surface area contributed by atoms with E-state index in [0.29, 0.717) is 15.7 Å². The highest BCUT2D eigenvalue weighted by molar-refractivity contribution is 6.43. The van der Waals surface area contributed by atoms with Crippen LogP contribution in [0.1, 0.15) is 12.5 Å². The van der Waals surface area contributed by atoms with Crippen LogP contribution in [0.3, 0.4) is 0 Å². The van der Waals surface area contributed by atoms with Crippen LogP contribution >= 0.6 is 23.2 Å². The van der Waals surface area contributed by atoms with Crippen LogP contribution in [0.5, 0.6) is 0 Å². The van der Waals surface area contributed by atoms with Crippen LogP contribution in [-0.4, -0.2) is 5.71 Å². The molecule has 2 nitrogen and oxygen atoms in total. The fraction of sp³-hybridized carbons (Fsp3) is 0.0556. The lowest BCUT2D eigenvalue weighted by Gasteiger charge is -2.07. The molecular formula is C18H14Cl2N2. The van der Waals surface area contributed by atoms with E-state index >= 15 is 0 Å². The molecule has 0 aliphatic carbocycles. The molecule has 0 saturated heterocycles. The van der Waals surface area contributed by atoms with Gasteiger partial charge < -0.3 is 0 Å². The third kappa shape index (κ3) is 3.08. The van der Waals surface area contributed by atoms with Crippen molar-refractivity contribution >= 4 is 45.4 Å². The zero-order chi connectivity index (χ0) is 15.5. The van der Waals surface area contributed by atoms with Gasteiger partial charge in [0.1, 0.15) is 0 Å². The van der Waals surface area contributed by atoms with E-state index in [1.807, 2.05) is 31.2 Å². The Balaban J connectivity index is 1.88. The average Bonchev–Trinajstić information content (AvgIpc) is 2.55. The van der Waals surface area contributed by atoms with E-state index in [-0.39, 0.29) is 0 Å². The number of rotatable bonds is 3. The monoisotopic (exact) mass is 328 g/mol. The van der Waals surface area contributed by atoms with E-state index in [4.69, 9.17) is 23.2 Å². The molecule has 3 rings (SSSR count). The highest BCUT2D eigenvalue weighted by atomic mass is 35.5. The van der Waals surface area contributed by atoms with Crippen molar-refractivity contribution in [3.8, 4) is 0 Å². The molecular weight excluding hydrogens is 315 g/mol. The molecule has 3 aromatic rings. The number of halogens is 2. The zero-order valence-corrected chi connectivity index (χ0v) is 13.5. The molecule has 0 bridgehead atoms. The van der Waals surface area contributed by atoms with Gasteiger partial charge in [-0.25, -0.2) is 0 Å². The molecule has 0 radical (unpaired) electrons. The molecule has 0 saturated carbocycles. The van der Waals surface area contributed by atoms with Crippen LogP contribution in [0, 0.1) is 0 Å². The van der Waals surface area contributed by atoms with E-state index in [1.54, 1.807) is 6.07 Å². The van der Waals surface area contributed by atoms with Gasteiger partial charge in [-0.3, -0.25) is 5.43 Å². The van der Waals surface area contributed by atoms with Crippen LogP contribution < -0.4 is 5.43 Å². The number of hydrazone groups is 1. The normalized spacial score (nSPS) is 11.7. The second-order valence-corrected chi connectivity index (χ2v) is 5.76. The smallest absolute Gasteiger partial charge is 0.0842 e. The summed E-state index contributed by atoms with van der Waals surface area (Å²) in [5.41, 5.74) is 5.60.